The first kappa shape index (κ1) is 15.4. The first-order valence-corrected chi connectivity index (χ1v) is 5.84. The highest BCUT2D eigenvalue weighted by Gasteiger charge is 2.21. The lowest BCUT2D eigenvalue weighted by Gasteiger charge is -2.14. The second-order valence-electron chi connectivity index (χ2n) is 4.06. The molecule has 0 aromatic carbocycles. The molecule has 2 amide bonds. The Morgan fingerprint density at radius 3 is 2.60 bits per heavy atom. The molecule has 20 heavy (non-hydrogen) atoms. The average molecular weight is 281 g/mol. The molecule has 0 aliphatic rings. The highest BCUT2D eigenvalue weighted by Crippen LogP contribution is 2.10. The number of nitrogens with one attached hydrogen (secondary N) is 2. The Morgan fingerprint density at radius 2 is 2.05 bits per heavy atom. The zero-order valence-corrected chi connectivity index (χ0v) is 10.8. The van der Waals surface area contributed by atoms with Crippen LogP contribution in [0.1, 0.15) is 18.5 Å². The molecule has 0 saturated carbocycles. The Bertz CT molecular complexity index is 518. The van der Waals surface area contributed by atoms with Crippen LogP contribution in [0.25, 0.3) is 0 Å². The largest absolute Gasteiger partial charge is 0.481 e. The summed E-state index contributed by atoms with van der Waals surface area (Å²) in [5.74, 6) is -2.41. The molecule has 0 unspecified atom stereocenters. The van der Waals surface area contributed by atoms with Gasteiger partial charge < -0.3 is 20.8 Å². The molecule has 1 atom stereocenters. The smallest absolute Gasteiger partial charge is 0.326 e. The Morgan fingerprint density at radius 1 is 1.35 bits per heavy atom. The fourth-order valence-electron chi connectivity index (χ4n) is 1.46. The van der Waals surface area contributed by atoms with Crippen LogP contribution in [0.4, 0.5) is 10.5 Å². The maximum Gasteiger partial charge on any atom is 0.326 e. The van der Waals surface area contributed by atoms with Gasteiger partial charge in [-0.2, -0.15) is 0 Å². The van der Waals surface area contributed by atoms with Crippen LogP contribution in [0, 0.1) is 6.92 Å². The van der Waals surface area contributed by atoms with Gasteiger partial charge in [-0.15, -0.1) is 0 Å². The first-order chi connectivity index (χ1) is 9.40. The maximum absolute atomic E-state index is 11.7. The molecule has 8 heteroatoms. The molecular formula is C12H15N3O5. The van der Waals surface area contributed by atoms with Gasteiger partial charge in [-0.1, -0.05) is 0 Å². The number of hydrogen-bond acceptors (Lipinski definition) is 4. The van der Waals surface area contributed by atoms with E-state index in [4.69, 9.17) is 10.2 Å². The number of nitrogens with zero attached hydrogens (tertiary/aromatic N) is 1. The van der Waals surface area contributed by atoms with Crippen LogP contribution in [-0.4, -0.2) is 39.2 Å². The zero-order valence-electron chi connectivity index (χ0n) is 10.8. The number of aryl methyl sites for hydroxylation is 1. The van der Waals surface area contributed by atoms with Gasteiger partial charge in [0, 0.05) is 12.6 Å². The number of anilines is 1. The summed E-state index contributed by atoms with van der Waals surface area (Å²) in [7, 11) is 0. The third-order valence-electron chi connectivity index (χ3n) is 2.51. The number of aliphatic carboxylic acids is 2. The average Bonchev–Trinajstić information content (AvgIpc) is 2.36. The fraction of sp³-hybridized carbons (Fsp3) is 0.333. The van der Waals surface area contributed by atoms with E-state index in [1.807, 2.05) is 0 Å². The summed E-state index contributed by atoms with van der Waals surface area (Å²) in [4.78, 5) is 37.0. The molecule has 0 radical (unpaired) electrons. The standard InChI is InChI=1S/C12H15N3O5/c1-7-8(3-2-6-13-7)14-12(20)15-9(11(18)19)4-5-10(16)17/h2-3,6,9H,4-5H2,1H3,(H,16,17)(H,18,19)(H2,14,15,20)/t9-/m0/s1. The maximum atomic E-state index is 11.7. The van der Waals surface area contributed by atoms with Crippen molar-refractivity contribution in [1.29, 1.82) is 0 Å². The van der Waals surface area contributed by atoms with Crippen LogP contribution < -0.4 is 10.6 Å². The summed E-state index contributed by atoms with van der Waals surface area (Å²) >= 11 is 0. The van der Waals surface area contributed by atoms with Crippen molar-refractivity contribution in [2.24, 2.45) is 0 Å². The number of aromatic nitrogens is 1. The Labute approximate surface area is 114 Å². The van der Waals surface area contributed by atoms with E-state index in [1.54, 1.807) is 25.3 Å². The Hall–Kier alpha value is -2.64. The van der Waals surface area contributed by atoms with E-state index < -0.39 is 24.0 Å². The molecule has 0 saturated heterocycles. The lowest BCUT2D eigenvalue weighted by Crippen LogP contribution is -2.43. The van der Waals surface area contributed by atoms with Gasteiger partial charge in [0.2, 0.25) is 0 Å². The van der Waals surface area contributed by atoms with Crippen molar-refractivity contribution < 1.29 is 24.6 Å². The highest BCUT2D eigenvalue weighted by atomic mass is 16.4. The van der Waals surface area contributed by atoms with E-state index in [1.165, 1.54) is 0 Å². The number of hydrogen-bond donors (Lipinski definition) is 4. The number of carboxylic acid groups (broad SMARTS) is 2. The number of rotatable bonds is 6. The SMILES string of the molecule is Cc1ncccc1NC(=O)N[C@@H](CCC(=O)O)C(=O)O. The number of amides is 2. The lowest BCUT2D eigenvalue weighted by atomic mass is 10.1. The second-order valence-corrected chi connectivity index (χ2v) is 4.06. The molecule has 1 aromatic heterocycles. The van der Waals surface area contributed by atoms with Gasteiger partial charge in [0.25, 0.3) is 0 Å². The van der Waals surface area contributed by atoms with Crippen LogP contribution >= 0.6 is 0 Å². The summed E-state index contributed by atoms with van der Waals surface area (Å²) in [6, 6.07) is 1.26. The van der Waals surface area contributed by atoms with Crippen LogP contribution in [0.3, 0.4) is 0 Å². The molecule has 8 nitrogen and oxygen atoms in total. The lowest BCUT2D eigenvalue weighted by molar-refractivity contribution is -0.140. The second kappa shape index (κ2) is 7.07. The summed E-state index contributed by atoms with van der Waals surface area (Å²) in [5, 5.41) is 22.1. The first-order valence-electron chi connectivity index (χ1n) is 5.84. The molecular weight excluding hydrogens is 266 g/mol. The van der Waals surface area contributed by atoms with E-state index >= 15 is 0 Å². The number of pyridine rings is 1. The topological polar surface area (TPSA) is 129 Å². The molecule has 1 heterocycles. The van der Waals surface area contributed by atoms with Crippen LogP contribution in [0.2, 0.25) is 0 Å². The summed E-state index contributed by atoms with van der Waals surface area (Å²) in [5.41, 5.74) is 1.03. The minimum absolute atomic E-state index is 0.190. The predicted molar refractivity (Wildman–Crippen MR) is 69.4 cm³/mol. The van der Waals surface area contributed by atoms with E-state index in [9.17, 15) is 14.4 Å². The quantitative estimate of drug-likeness (QED) is 0.611. The van der Waals surface area contributed by atoms with Crippen molar-refractivity contribution in [3.05, 3.63) is 24.0 Å². The predicted octanol–water partition coefficient (Wildman–Crippen LogP) is 0.830. The van der Waals surface area contributed by atoms with E-state index in [-0.39, 0.29) is 12.8 Å². The minimum atomic E-state index is -1.29. The van der Waals surface area contributed by atoms with Crippen LogP contribution in [0.15, 0.2) is 18.3 Å². The van der Waals surface area contributed by atoms with Crippen molar-refractivity contribution in [1.82, 2.24) is 10.3 Å². The summed E-state index contributed by atoms with van der Waals surface area (Å²) in [6.07, 6.45) is 1.03. The molecule has 0 fully saturated rings. The molecule has 108 valence electrons. The van der Waals surface area contributed by atoms with E-state index in [0.29, 0.717) is 11.4 Å². The number of carbonyl (C=O) groups excluding carboxylic acids is 1. The number of carboxylic acids is 2. The number of urea groups is 1. The third kappa shape index (κ3) is 4.92. The van der Waals surface area contributed by atoms with Crippen molar-refractivity contribution in [2.45, 2.75) is 25.8 Å². The Kier molecular flexibility index (Phi) is 5.45. The molecule has 4 N–H and O–H groups in total. The normalized spacial score (nSPS) is 11.4. The molecule has 1 aromatic rings. The van der Waals surface area contributed by atoms with Crippen molar-refractivity contribution in [2.75, 3.05) is 5.32 Å². The van der Waals surface area contributed by atoms with Gasteiger partial charge in [-0.3, -0.25) is 9.78 Å². The monoisotopic (exact) mass is 281 g/mol. The highest BCUT2D eigenvalue weighted by molar-refractivity contribution is 5.92. The summed E-state index contributed by atoms with van der Waals surface area (Å²) in [6.45, 7) is 1.69. The van der Waals surface area contributed by atoms with E-state index in [2.05, 4.69) is 15.6 Å². The third-order valence-corrected chi connectivity index (χ3v) is 2.51. The van der Waals surface area contributed by atoms with E-state index in [0.717, 1.165) is 0 Å². The minimum Gasteiger partial charge on any atom is -0.481 e. The summed E-state index contributed by atoms with van der Waals surface area (Å²) < 4.78 is 0. The van der Waals surface area contributed by atoms with Crippen LogP contribution in [-0.2, 0) is 9.59 Å². The van der Waals surface area contributed by atoms with Gasteiger partial charge in [-0.05, 0) is 25.5 Å². The van der Waals surface area contributed by atoms with Gasteiger partial charge in [0.1, 0.15) is 6.04 Å². The van der Waals surface area contributed by atoms with Crippen LogP contribution in [0.5, 0.6) is 0 Å². The fourth-order valence-corrected chi connectivity index (χ4v) is 1.46. The molecule has 0 bridgehead atoms. The number of carbonyl (C=O) groups is 3. The molecule has 0 aliphatic carbocycles. The van der Waals surface area contributed by atoms with Gasteiger partial charge >= 0.3 is 18.0 Å². The van der Waals surface area contributed by atoms with Crippen molar-refractivity contribution >= 4 is 23.7 Å². The zero-order chi connectivity index (χ0) is 15.1. The van der Waals surface area contributed by atoms with Gasteiger partial charge in [-0.25, -0.2) is 9.59 Å². The van der Waals surface area contributed by atoms with Gasteiger partial charge in [0.15, 0.2) is 0 Å². The molecule has 1 rings (SSSR count). The van der Waals surface area contributed by atoms with Gasteiger partial charge in [0.05, 0.1) is 11.4 Å². The molecule has 0 aliphatic heterocycles. The van der Waals surface area contributed by atoms with Crippen molar-refractivity contribution in [3.8, 4) is 0 Å². The molecule has 0 spiro atoms. The Balaban J connectivity index is 2.60. The van der Waals surface area contributed by atoms with Crippen molar-refractivity contribution in [3.63, 3.8) is 0 Å².